The molecule has 4 nitrogen and oxygen atoms in total. The van der Waals surface area contributed by atoms with Gasteiger partial charge in [0.15, 0.2) is 0 Å². The van der Waals surface area contributed by atoms with Gasteiger partial charge in [0.05, 0.1) is 27.1 Å². The molecule has 0 spiro atoms. The second kappa shape index (κ2) is 5.31. The lowest BCUT2D eigenvalue weighted by atomic mass is 10.1. The number of rotatable bonds is 2. The van der Waals surface area contributed by atoms with Crippen LogP contribution >= 0.6 is 23.2 Å². The van der Waals surface area contributed by atoms with Crippen molar-refractivity contribution < 1.29 is 0 Å². The first-order valence-electron chi connectivity index (χ1n) is 6.01. The largest absolute Gasteiger partial charge is 0.236 e. The van der Waals surface area contributed by atoms with Crippen molar-refractivity contribution in [2.45, 2.75) is 13.3 Å². The van der Waals surface area contributed by atoms with Crippen LogP contribution in [0.3, 0.4) is 0 Å². The molecule has 3 rings (SSSR count). The van der Waals surface area contributed by atoms with Crippen LogP contribution in [-0.4, -0.2) is 21.4 Å². The van der Waals surface area contributed by atoms with E-state index in [4.69, 9.17) is 23.2 Å². The van der Waals surface area contributed by atoms with E-state index in [0.29, 0.717) is 10.0 Å². The molecule has 20 heavy (non-hydrogen) atoms. The highest BCUT2D eigenvalue weighted by Gasteiger charge is 2.14. The second-order valence-electron chi connectivity index (χ2n) is 4.48. The highest BCUT2D eigenvalue weighted by atomic mass is 35.5. The molecule has 0 fully saturated rings. The molecule has 1 aromatic heterocycles. The molecule has 2 heterocycles. The van der Waals surface area contributed by atoms with Gasteiger partial charge >= 0.3 is 0 Å². The van der Waals surface area contributed by atoms with E-state index in [0.717, 1.165) is 34.8 Å². The molecule has 0 N–H and O–H groups in total. The van der Waals surface area contributed by atoms with Gasteiger partial charge in [-0.2, -0.15) is 10.2 Å². The number of benzene rings is 1. The predicted octanol–water partition coefficient (Wildman–Crippen LogP) is 4.02. The van der Waals surface area contributed by atoms with Gasteiger partial charge in [0.25, 0.3) is 0 Å². The van der Waals surface area contributed by atoms with E-state index in [9.17, 15) is 0 Å². The third-order valence-corrected chi connectivity index (χ3v) is 3.68. The molecule has 0 aliphatic carbocycles. The van der Waals surface area contributed by atoms with Crippen molar-refractivity contribution in [1.82, 2.24) is 9.97 Å². The van der Waals surface area contributed by atoms with Gasteiger partial charge in [-0.05, 0) is 25.1 Å². The van der Waals surface area contributed by atoms with Gasteiger partial charge in [-0.15, -0.1) is 0 Å². The number of nitrogens with zero attached hydrogens (tertiary/aromatic N) is 4. The molecule has 1 aliphatic rings. The summed E-state index contributed by atoms with van der Waals surface area (Å²) in [5.41, 5.74) is 4.28. The van der Waals surface area contributed by atoms with E-state index in [1.54, 1.807) is 12.1 Å². The predicted molar refractivity (Wildman–Crippen MR) is 81.8 cm³/mol. The fraction of sp³-hybridized carbons (Fsp3) is 0.143. The summed E-state index contributed by atoms with van der Waals surface area (Å²) in [5.74, 6) is 0. The molecule has 0 radical (unpaired) electrons. The lowest BCUT2D eigenvalue weighted by Gasteiger charge is -2.05. The van der Waals surface area contributed by atoms with Crippen molar-refractivity contribution in [1.29, 1.82) is 0 Å². The first-order chi connectivity index (χ1) is 9.63. The van der Waals surface area contributed by atoms with Crippen LogP contribution in [0.1, 0.15) is 19.0 Å². The molecule has 6 heteroatoms. The van der Waals surface area contributed by atoms with Gasteiger partial charge in [-0.3, -0.25) is 0 Å². The molecule has 100 valence electrons. The number of hydrogen-bond donors (Lipinski definition) is 0. The molecule has 0 amide bonds. The third kappa shape index (κ3) is 2.57. The number of halogens is 2. The Hall–Kier alpha value is -1.78. The minimum atomic E-state index is 0.502. The van der Waals surface area contributed by atoms with E-state index in [2.05, 4.69) is 20.2 Å². The highest BCUT2D eigenvalue weighted by molar-refractivity contribution is 6.42. The Morgan fingerprint density at radius 3 is 2.45 bits per heavy atom. The maximum Gasteiger partial charge on any atom is 0.116 e. The summed E-state index contributed by atoms with van der Waals surface area (Å²) in [5, 5.41) is 9.17. The van der Waals surface area contributed by atoms with Crippen molar-refractivity contribution in [3.8, 4) is 11.3 Å². The first-order valence-corrected chi connectivity index (χ1v) is 6.77. The molecule has 0 saturated carbocycles. The lowest BCUT2D eigenvalue weighted by Crippen LogP contribution is -2.04. The van der Waals surface area contributed by atoms with E-state index in [1.165, 1.54) is 6.33 Å². The second-order valence-corrected chi connectivity index (χ2v) is 5.29. The van der Waals surface area contributed by atoms with Gasteiger partial charge in [-0.25, -0.2) is 9.97 Å². The fourth-order valence-electron chi connectivity index (χ4n) is 1.93. The van der Waals surface area contributed by atoms with Crippen molar-refractivity contribution in [3.05, 3.63) is 46.3 Å². The lowest BCUT2D eigenvalue weighted by molar-refractivity contribution is 1.14. The Morgan fingerprint density at radius 1 is 0.950 bits per heavy atom. The van der Waals surface area contributed by atoms with Gasteiger partial charge in [0.1, 0.15) is 6.33 Å². The van der Waals surface area contributed by atoms with E-state index in [-0.39, 0.29) is 0 Å². The zero-order valence-electron chi connectivity index (χ0n) is 10.6. The summed E-state index contributed by atoms with van der Waals surface area (Å²) < 4.78 is 0. The van der Waals surface area contributed by atoms with Crippen LogP contribution in [0, 0.1) is 0 Å². The molecule has 1 aromatic carbocycles. The van der Waals surface area contributed by atoms with Gasteiger partial charge in [-0.1, -0.05) is 29.3 Å². The topological polar surface area (TPSA) is 50.5 Å². The van der Waals surface area contributed by atoms with Crippen molar-refractivity contribution in [3.63, 3.8) is 0 Å². The molecule has 1 aliphatic heterocycles. The minimum Gasteiger partial charge on any atom is -0.236 e. The summed E-state index contributed by atoms with van der Waals surface area (Å²) in [7, 11) is 0. The van der Waals surface area contributed by atoms with Crippen molar-refractivity contribution in [2.24, 2.45) is 10.2 Å². The summed E-state index contributed by atoms with van der Waals surface area (Å²) in [6, 6.07) is 7.29. The van der Waals surface area contributed by atoms with Crippen LogP contribution in [-0.2, 0) is 0 Å². The Morgan fingerprint density at radius 2 is 1.75 bits per heavy atom. The zero-order valence-corrected chi connectivity index (χ0v) is 12.2. The van der Waals surface area contributed by atoms with Gasteiger partial charge in [0.2, 0.25) is 0 Å². The maximum atomic E-state index is 6.03. The molecular formula is C14H10Cl2N4. The normalized spacial score (nSPS) is 14.2. The SMILES string of the molecule is CC1=NN=C(c2cc(-c3ccc(Cl)c(Cl)c3)ncn2)C1. The number of aromatic nitrogens is 2. The maximum absolute atomic E-state index is 6.03. The van der Waals surface area contributed by atoms with E-state index in [1.807, 2.05) is 19.1 Å². The molecule has 0 bridgehead atoms. The molecule has 0 unspecified atom stereocenters. The molecule has 2 aromatic rings. The summed E-state index contributed by atoms with van der Waals surface area (Å²) in [6.07, 6.45) is 2.24. The fourth-order valence-corrected chi connectivity index (χ4v) is 2.23. The zero-order chi connectivity index (χ0) is 14.1. The Balaban J connectivity index is 1.97. The van der Waals surface area contributed by atoms with Gasteiger partial charge < -0.3 is 0 Å². The third-order valence-electron chi connectivity index (χ3n) is 2.94. The number of hydrogen-bond acceptors (Lipinski definition) is 4. The van der Waals surface area contributed by atoms with Crippen LogP contribution in [0.2, 0.25) is 10.0 Å². The summed E-state index contributed by atoms with van der Waals surface area (Å²) >= 11 is 12.0. The standard InChI is InChI=1S/C14H10Cl2N4/c1-8-4-14(20-19-8)13-6-12(17-7-18-13)9-2-3-10(15)11(16)5-9/h2-3,5-7H,4H2,1H3. The van der Waals surface area contributed by atoms with Crippen LogP contribution in [0.4, 0.5) is 0 Å². The molecule has 0 saturated heterocycles. The van der Waals surface area contributed by atoms with Gasteiger partial charge in [0, 0.05) is 17.7 Å². The Labute approximate surface area is 126 Å². The van der Waals surface area contributed by atoms with Crippen molar-refractivity contribution >= 4 is 34.6 Å². The van der Waals surface area contributed by atoms with Crippen LogP contribution in [0.15, 0.2) is 40.8 Å². The Kier molecular flexibility index (Phi) is 3.51. The average molecular weight is 305 g/mol. The smallest absolute Gasteiger partial charge is 0.116 e. The van der Waals surface area contributed by atoms with Crippen LogP contribution < -0.4 is 0 Å². The van der Waals surface area contributed by atoms with Crippen LogP contribution in [0.5, 0.6) is 0 Å². The van der Waals surface area contributed by atoms with Crippen molar-refractivity contribution in [2.75, 3.05) is 0 Å². The molecular weight excluding hydrogens is 295 g/mol. The summed E-state index contributed by atoms with van der Waals surface area (Å²) in [6.45, 7) is 1.94. The minimum absolute atomic E-state index is 0.502. The average Bonchev–Trinajstić information content (AvgIpc) is 2.89. The monoisotopic (exact) mass is 304 g/mol. The highest BCUT2D eigenvalue weighted by Crippen LogP contribution is 2.27. The quantitative estimate of drug-likeness (QED) is 0.841. The molecule has 0 atom stereocenters. The van der Waals surface area contributed by atoms with Crippen LogP contribution in [0.25, 0.3) is 11.3 Å². The van der Waals surface area contributed by atoms with E-state index < -0.39 is 0 Å². The van der Waals surface area contributed by atoms with E-state index >= 15 is 0 Å². The first kappa shape index (κ1) is 13.2. The Bertz CT molecular complexity index is 738. The summed E-state index contributed by atoms with van der Waals surface area (Å²) in [4.78, 5) is 8.51.